The Balaban J connectivity index is 1.76. The SMILES string of the molecule is Cc1cc(C(=O)CN2C(=O)CS/C2=C\C(=O)C(C)(C)C)c(C)n1CCc1cccs1. The molecule has 3 rings (SSSR count). The van der Waals surface area contributed by atoms with E-state index in [-0.39, 0.29) is 29.8 Å². The Labute approximate surface area is 186 Å². The van der Waals surface area contributed by atoms with Crippen molar-refractivity contribution in [3.05, 3.63) is 56.5 Å². The van der Waals surface area contributed by atoms with Gasteiger partial charge in [0.15, 0.2) is 11.6 Å². The molecule has 0 atom stereocenters. The molecule has 30 heavy (non-hydrogen) atoms. The van der Waals surface area contributed by atoms with Crippen LogP contribution < -0.4 is 0 Å². The summed E-state index contributed by atoms with van der Waals surface area (Å²) in [6.45, 7) is 10.3. The van der Waals surface area contributed by atoms with Gasteiger partial charge in [0.05, 0.1) is 17.3 Å². The lowest BCUT2D eigenvalue weighted by Gasteiger charge is -2.19. The summed E-state index contributed by atoms with van der Waals surface area (Å²) >= 11 is 3.05. The van der Waals surface area contributed by atoms with Crippen LogP contribution in [-0.2, 0) is 22.6 Å². The van der Waals surface area contributed by atoms with Crippen molar-refractivity contribution in [1.82, 2.24) is 9.47 Å². The molecule has 0 radical (unpaired) electrons. The summed E-state index contributed by atoms with van der Waals surface area (Å²) in [6.07, 6.45) is 2.43. The Hall–Kier alpha value is -2.12. The van der Waals surface area contributed by atoms with Crippen molar-refractivity contribution in [2.24, 2.45) is 5.41 Å². The van der Waals surface area contributed by atoms with Gasteiger partial charge in [-0.2, -0.15) is 0 Å². The lowest BCUT2D eigenvalue weighted by molar-refractivity contribution is -0.125. The maximum Gasteiger partial charge on any atom is 0.238 e. The van der Waals surface area contributed by atoms with Gasteiger partial charge in [0.2, 0.25) is 5.91 Å². The molecule has 3 heterocycles. The Kier molecular flexibility index (Phi) is 6.72. The zero-order valence-corrected chi connectivity index (χ0v) is 19.8. The smallest absolute Gasteiger partial charge is 0.238 e. The van der Waals surface area contributed by atoms with Crippen LogP contribution in [0.1, 0.15) is 47.4 Å². The number of aryl methyl sites for hydroxylation is 2. The van der Waals surface area contributed by atoms with Crippen molar-refractivity contribution >= 4 is 40.6 Å². The predicted octanol–water partition coefficient (Wildman–Crippen LogP) is 4.62. The minimum absolute atomic E-state index is 0.0374. The second-order valence-corrected chi connectivity index (χ2v) is 10.6. The summed E-state index contributed by atoms with van der Waals surface area (Å²) in [6, 6.07) is 6.07. The molecule has 160 valence electrons. The molecule has 5 nitrogen and oxygen atoms in total. The third-order valence-corrected chi connectivity index (χ3v) is 7.20. The second-order valence-electron chi connectivity index (χ2n) is 8.55. The minimum Gasteiger partial charge on any atom is -0.348 e. The first-order valence-corrected chi connectivity index (χ1v) is 11.9. The average molecular weight is 445 g/mol. The number of Topliss-reactive ketones (excluding diaryl/α,β-unsaturated/α-hetero) is 1. The fourth-order valence-corrected chi connectivity index (χ4v) is 5.00. The van der Waals surface area contributed by atoms with Crippen LogP contribution >= 0.6 is 23.1 Å². The van der Waals surface area contributed by atoms with Gasteiger partial charge in [-0.3, -0.25) is 19.3 Å². The average Bonchev–Trinajstić information content (AvgIpc) is 3.36. The summed E-state index contributed by atoms with van der Waals surface area (Å²) in [5.74, 6) is -0.0248. The lowest BCUT2D eigenvalue weighted by atomic mass is 9.91. The van der Waals surface area contributed by atoms with Crippen LogP contribution in [0.15, 0.2) is 34.7 Å². The van der Waals surface area contributed by atoms with Gasteiger partial charge in [-0.15, -0.1) is 11.3 Å². The van der Waals surface area contributed by atoms with E-state index in [1.807, 2.05) is 46.8 Å². The number of aromatic nitrogens is 1. The Morgan fingerprint density at radius 2 is 1.97 bits per heavy atom. The highest BCUT2D eigenvalue weighted by Gasteiger charge is 2.31. The molecule has 0 aromatic carbocycles. The van der Waals surface area contributed by atoms with E-state index >= 15 is 0 Å². The first-order valence-electron chi connectivity index (χ1n) is 9.99. The van der Waals surface area contributed by atoms with Gasteiger partial charge < -0.3 is 4.57 Å². The third-order valence-electron chi connectivity index (χ3n) is 5.24. The van der Waals surface area contributed by atoms with E-state index in [1.54, 1.807) is 11.3 Å². The largest absolute Gasteiger partial charge is 0.348 e. The van der Waals surface area contributed by atoms with Crippen LogP contribution in [0.25, 0.3) is 0 Å². The summed E-state index contributed by atoms with van der Waals surface area (Å²) in [5.41, 5.74) is 2.07. The molecule has 0 saturated carbocycles. The summed E-state index contributed by atoms with van der Waals surface area (Å²) in [4.78, 5) is 40.6. The lowest BCUT2D eigenvalue weighted by Crippen LogP contribution is -2.31. The fourth-order valence-electron chi connectivity index (χ4n) is 3.36. The number of hydrogen-bond donors (Lipinski definition) is 0. The highest BCUT2D eigenvalue weighted by Crippen LogP contribution is 2.31. The van der Waals surface area contributed by atoms with Crippen LogP contribution in [0.3, 0.4) is 0 Å². The van der Waals surface area contributed by atoms with Crippen molar-refractivity contribution in [1.29, 1.82) is 0 Å². The molecule has 0 bridgehead atoms. The molecular formula is C23H28N2O3S2. The van der Waals surface area contributed by atoms with Gasteiger partial charge in [-0.1, -0.05) is 38.6 Å². The number of ketones is 2. The zero-order chi connectivity index (χ0) is 22.1. The molecule has 0 aliphatic carbocycles. The predicted molar refractivity (Wildman–Crippen MR) is 123 cm³/mol. The molecule has 0 N–H and O–H groups in total. The van der Waals surface area contributed by atoms with Crippen molar-refractivity contribution < 1.29 is 14.4 Å². The Morgan fingerprint density at radius 1 is 1.23 bits per heavy atom. The maximum atomic E-state index is 13.1. The zero-order valence-electron chi connectivity index (χ0n) is 18.2. The van der Waals surface area contributed by atoms with Gasteiger partial charge >= 0.3 is 0 Å². The van der Waals surface area contributed by atoms with Gasteiger partial charge in [0, 0.05) is 39.9 Å². The molecule has 2 aromatic rings. The number of carbonyl (C=O) groups is 3. The number of thiophene rings is 1. The van der Waals surface area contributed by atoms with E-state index < -0.39 is 5.41 Å². The van der Waals surface area contributed by atoms with E-state index in [1.165, 1.54) is 27.6 Å². The van der Waals surface area contributed by atoms with Gasteiger partial charge in [0.1, 0.15) is 0 Å². The molecule has 1 aliphatic rings. The molecule has 2 aromatic heterocycles. The van der Waals surface area contributed by atoms with Crippen LogP contribution in [0.5, 0.6) is 0 Å². The van der Waals surface area contributed by atoms with Crippen LogP contribution in [0.2, 0.25) is 0 Å². The third kappa shape index (κ3) is 4.95. The van der Waals surface area contributed by atoms with Crippen LogP contribution in [-0.4, -0.2) is 39.2 Å². The molecule has 1 aliphatic heterocycles. The fraction of sp³-hybridized carbons (Fsp3) is 0.435. The molecule has 0 unspecified atom stereocenters. The molecule has 1 saturated heterocycles. The van der Waals surface area contributed by atoms with E-state index in [0.717, 1.165) is 24.4 Å². The Bertz CT molecular complexity index is 995. The highest BCUT2D eigenvalue weighted by molar-refractivity contribution is 8.04. The minimum atomic E-state index is -0.525. The summed E-state index contributed by atoms with van der Waals surface area (Å²) in [5, 5.41) is 2.64. The number of allylic oxidation sites excluding steroid dienone is 1. The van der Waals surface area contributed by atoms with Crippen LogP contribution in [0, 0.1) is 19.3 Å². The van der Waals surface area contributed by atoms with E-state index in [9.17, 15) is 14.4 Å². The second kappa shape index (κ2) is 8.94. The first-order chi connectivity index (χ1) is 14.1. The molecule has 1 amide bonds. The number of rotatable bonds is 7. The van der Waals surface area contributed by atoms with Crippen molar-refractivity contribution in [2.75, 3.05) is 12.3 Å². The first kappa shape index (κ1) is 22.6. The normalized spacial score (nSPS) is 16.0. The monoisotopic (exact) mass is 444 g/mol. The standard InChI is InChI=1S/C23H28N2O3S2/c1-15-11-18(16(2)24(15)9-8-17-7-6-10-29-17)19(26)13-25-21(28)14-30-22(25)12-20(27)23(3,4)5/h6-7,10-12H,8-9,13-14H2,1-5H3/b22-12-. The van der Waals surface area contributed by atoms with Gasteiger partial charge in [0.25, 0.3) is 0 Å². The number of hydrogen-bond acceptors (Lipinski definition) is 5. The Morgan fingerprint density at radius 3 is 2.60 bits per heavy atom. The van der Waals surface area contributed by atoms with Crippen molar-refractivity contribution in [3.63, 3.8) is 0 Å². The molecule has 7 heteroatoms. The van der Waals surface area contributed by atoms with Gasteiger partial charge in [-0.05, 0) is 37.8 Å². The van der Waals surface area contributed by atoms with Crippen LogP contribution in [0.4, 0.5) is 0 Å². The van der Waals surface area contributed by atoms with Gasteiger partial charge in [-0.25, -0.2) is 0 Å². The number of amides is 1. The van der Waals surface area contributed by atoms with E-state index in [0.29, 0.717) is 10.6 Å². The highest BCUT2D eigenvalue weighted by atomic mass is 32.2. The number of thioether (sulfide) groups is 1. The summed E-state index contributed by atoms with van der Waals surface area (Å²) in [7, 11) is 0. The topological polar surface area (TPSA) is 59.4 Å². The molecule has 1 fully saturated rings. The summed E-state index contributed by atoms with van der Waals surface area (Å²) < 4.78 is 2.16. The molecular weight excluding hydrogens is 416 g/mol. The number of nitrogens with zero attached hydrogens (tertiary/aromatic N) is 2. The van der Waals surface area contributed by atoms with E-state index in [4.69, 9.17) is 0 Å². The van der Waals surface area contributed by atoms with E-state index in [2.05, 4.69) is 16.0 Å². The quantitative estimate of drug-likeness (QED) is 0.462. The van der Waals surface area contributed by atoms with Crippen molar-refractivity contribution in [3.8, 4) is 0 Å². The number of carbonyl (C=O) groups excluding carboxylic acids is 3. The molecule has 0 spiro atoms. The maximum absolute atomic E-state index is 13.1. The van der Waals surface area contributed by atoms with Crippen molar-refractivity contribution in [2.45, 2.75) is 47.6 Å².